The summed E-state index contributed by atoms with van der Waals surface area (Å²) in [5.74, 6) is -1.47. The van der Waals surface area contributed by atoms with Gasteiger partial charge in [-0.2, -0.15) is 13.2 Å². The number of hydrogen-bond donors (Lipinski definition) is 0. The fraction of sp³-hybridized carbons (Fsp3) is 0.562. The topological polar surface area (TPSA) is 17.1 Å². The van der Waals surface area contributed by atoms with Crippen LogP contribution in [0.2, 0.25) is 0 Å². The lowest BCUT2D eigenvalue weighted by molar-refractivity contribution is -0.137. The summed E-state index contributed by atoms with van der Waals surface area (Å²) < 4.78 is 51.5. The third-order valence-corrected chi connectivity index (χ3v) is 3.34. The van der Waals surface area contributed by atoms with Gasteiger partial charge in [-0.25, -0.2) is 4.39 Å². The second-order valence-electron chi connectivity index (χ2n) is 5.13. The second-order valence-corrected chi connectivity index (χ2v) is 5.13. The van der Waals surface area contributed by atoms with Gasteiger partial charge in [0.1, 0.15) is 5.82 Å². The predicted octanol–water partition coefficient (Wildman–Crippen LogP) is 5.78. The molecule has 1 aromatic carbocycles. The molecule has 0 saturated carbocycles. The van der Waals surface area contributed by atoms with E-state index >= 15 is 0 Å². The Kier molecular flexibility index (Phi) is 6.85. The standard InChI is InChI=1S/C16H20F4O/c1-2-3-4-5-6-7-8-15(21)13-11-12(17)9-10-14(13)16(18,19)20/h9-11H,2-8H2,1H3. The van der Waals surface area contributed by atoms with Crippen molar-refractivity contribution in [2.45, 2.75) is 58.0 Å². The first-order valence-corrected chi connectivity index (χ1v) is 7.26. The maximum Gasteiger partial charge on any atom is 0.417 e. The number of halogens is 4. The van der Waals surface area contributed by atoms with Crippen molar-refractivity contribution in [3.05, 3.63) is 35.1 Å². The van der Waals surface area contributed by atoms with Crippen LogP contribution >= 0.6 is 0 Å². The lowest BCUT2D eigenvalue weighted by Gasteiger charge is -2.12. The fourth-order valence-electron chi connectivity index (χ4n) is 2.19. The van der Waals surface area contributed by atoms with Crippen LogP contribution in [-0.4, -0.2) is 5.78 Å². The van der Waals surface area contributed by atoms with E-state index in [2.05, 4.69) is 6.92 Å². The first kappa shape index (κ1) is 17.7. The van der Waals surface area contributed by atoms with Crippen LogP contribution in [0.4, 0.5) is 17.6 Å². The Morgan fingerprint density at radius 1 is 1.05 bits per heavy atom. The molecule has 1 aromatic rings. The first-order valence-electron chi connectivity index (χ1n) is 7.26. The first-order chi connectivity index (χ1) is 9.86. The molecule has 0 spiro atoms. The summed E-state index contributed by atoms with van der Waals surface area (Å²) in [5, 5.41) is 0. The Bertz CT molecular complexity index is 466. The summed E-state index contributed by atoms with van der Waals surface area (Å²) in [7, 11) is 0. The lowest BCUT2D eigenvalue weighted by atomic mass is 9.98. The number of ketones is 1. The summed E-state index contributed by atoms with van der Waals surface area (Å²) >= 11 is 0. The van der Waals surface area contributed by atoms with E-state index in [1.54, 1.807) is 0 Å². The molecule has 0 heterocycles. The molecule has 1 rings (SSSR count). The van der Waals surface area contributed by atoms with Crippen molar-refractivity contribution >= 4 is 5.78 Å². The number of hydrogen-bond acceptors (Lipinski definition) is 1. The van der Waals surface area contributed by atoms with Gasteiger partial charge in [-0.1, -0.05) is 39.0 Å². The summed E-state index contributed by atoms with van der Waals surface area (Å²) in [5.41, 5.74) is -1.61. The van der Waals surface area contributed by atoms with E-state index in [0.29, 0.717) is 18.6 Å². The Labute approximate surface area is 122 Å². The van der Waals surface area contributed by atoms with Gasteiger partial charge in [0.25, 0.3) is 0 Å². The molecule has 0 bridgehead atoms. The number of benzene rings is 1. The second kappa shape index (κ2) is 8.15. The average Bonchev–Trinajstić information content (AvgIpc) is 2.41. The molecule has 0 unspecified atom stereocenters. The number of carbonyl (C=O) groups is 1. The van der Waals surface area contributed by atoms with Crippen LogP contribution in [0.1, 0.15) is 67.8 Å². The van der Waals surface area contributed by atoms with Gasteiger partial charge >= 0.3 is 6.18 Å². The molecular weight excluding hydrogens is 284 g/mol. The summed E-state index contributed by atoms with van der Waals surface area (Å²) in [6.07, 6.45) is 0.999. The van der Waals surface area contributed by atoms with E-state index < -0.39 is 28.9 Å². The Hall–Kier alpha value is -1.39. The highest BCUT2D eigenvalue weighted by Gasteiger charge is 2.35. The van der Waals surface area contributed by atoms with Crippen LogP contribution in [0.15, 0.2) is 18.2 Å². The van der Waals surface area contributed by atoms with Crippen LogP contribution in [0.3, 0.4) is 0 Å². The Morgan fingerprint density at radius 2 is 1.67 bits per heavy atom. The zero-order valence-electron chi connectivity index (χ0n) is 12.1. The van der Waals surface area contributed by atoms with Crippen LogP contribution in [-0.2, 0) is 6.18 Å². The minimum absolute atomic E-state index is 0.0264. The minimum atomic E-state index is -4.64. The van der Waals surface area contributed by atoms with Crippen molar-refractivity contribution in [3.63, 3.8) is 0 Å². The van der Waals surface area contributed by atoms with Gasteiger partial charge in [0.2, 0.25) is 0 Å². The molecule has 0 aliphatic rings. The molecule has 118 valence electrons. The average molecular weight is 304 g/mol. The van der Waals surface area contributed by atoms with Crippen molar-refractivity contribution in [2.24, 2.45) is 0 Å². The number of carbonyl (C=O) groups excluding carboxylic acids is 1. The SMILES string of the molecule is CCCCCCCCC(=O)c1cc(F)ccc1C(F)(F)F. The smallest absolute Gasteiger partial charge is 0.294 e. The van der Waals surface area contributed by atoms with E-state index in [0.717, 1.165) is 38.2 Å². The zero-order valence-corrected chi connectivity index (χ0v) is 12.1. The van der Waals surface area contributed by atoms with Crippen LogP contribution in [0.25, 0.3) is 0 Å². The molecule has 0 aliphatic carbocycles. The third-order valence-electron chi connectivity index (χ3n) is 3.34. The van der Waals surface area contributed by atoms with E-state index in [1.165, 1.54) is 0 Å². The highest BCUT2D eigenvalue weighted by atomic mass is 19.4. The van der Waals surface area contributed by atoms with Gasteiger partial charge in [0.15, 0.2) is 5.78 Å². The fourth-order valence-corrected chi connectivity index (χ4v) is 2.19. The summed E-state index contributed by atoms with van der Waals surface area (Å²) in [4.78, 5) is 11.9. The van der Waals surface area contributed by atoms with Gasteiger partial charge in [0, 0.05) is 12.0 Å². The van der Waals surface area contributed by atoms with Crippen molar-refractivity contribution in [1.29, 1.82) is 0 Å². The largest absolute Gasteiger partial charge is 0.417 e. The van der Waals surface area contributed by atoms with E-state index in [9.17, 15) is 22.4 Å². The molecule has 0 N–H and O–H groups in total. The molecule has 0 atom stereocenters. The molecule has 0 radical (unpaired) electrons. The number of rotatable bonds is 8. The minimum Gasteiger partial charge on any atom is -0.294 e. The number of alkyl halides is 3. The van der Waals surface area contributed by atoms with Crippen molar-refractivity contribution in [1.82, 2.24) is 0 Å². The maximum atomic E-state index is 13.1. The van der Waals surface area contributed by atoms with Crippen molar-refractivity contribution < 1.29 is 22.4 Å². The molecule has 21 heavy (non-hydrogen) atoms. The Balaban J connectivity index is 2.63. The van der Waals surface area contributed by atoms with Crippen molar-refractivity contribution in [2.75, 3.05) is 0 Å². The van der Waals surface area contributed by atoms with Gasteiger partial charge in [-0.05, 0) is 24.6 Å². The highest BCUT2D eigenvalue weighted by Crippen LogP contribution is 2.33. The van der Waals surface area contributed by atoms with E-state index in [-0.39, 0.29) is 6.42 Å². The summed E-state index contributed by atoms with van der Waals surface area (Å²) in [6, 6.07) is 2.04. The predicted molar refractivity (Wildman–Crippen MR) is 73.7 cm³/mol. The van der Waals surface area contributed by atoms with Gasteiger partial charge < -0.3 is 0 Å². The maximum absolute atomic E-state index is 13.1. The lowest BCUT2D eigenvalue weighted by Crippen LogP contribution is -2.13. The van der Waals surface area contributed by atoms with Gasteiger partial charge in [-0.3, -0.25) is 4.79 Å². The number of unbranched alkanes of at least 4 members (excludes halogenated alkanes) is 5. The molecule has 1 nitrogen and oxygen atoms in total. The summed E-state index contributed by atoms with van der Waals surface area (Å²) in [6.45, 7) is 2.09. The monoisotopic (exact) mass is 304 g/mol. The molecule has 0 aliphatic heterocycles. The van der Waals surface area contributed by atoms with Gasteiger partial charge in [0.05, 0.1) is 5.56 Å². The van der Waals surface area contributed by atoms with Crippen molar-refractivity contribution in [3.8, 4) is 0 Å². The molecule has 0 aromatic heterocycles. The number of Topliss-reactive ketones (excluding diaryl/α,β-unsaturated/α-hetero) is 1. The molecular formula is C16H20F4O. The van der Waals surface area contributed by atoms with Crippen LogP contribution < -0.4 is 0 Å². The molecule has 0 saturated heterocycles. The highest BCUT2D eigenvalue weighted by molar-refractivity contribution is 5.97. The quantitative estimate of drug-likeness (QED) is 0.338. The molecule has 0 amide bonds. The molecule has 0 fully saturated rings. The Morgan fingerprint density at radius 3 is 2.29 bits per heavy atom. The normalized spacial score (nSPS) is 11.7. The van der Waals surface area contributed by atoms with Crippen LogP contribution in [0, 0.1) is 5.82 Å². The molecule has 5 heteroatoms. The zero-order chi connectivity index (χ0) is 15.9. The van der Waals surface area contributed by atoms with E-state index in [1.807, 2.05) is 0 Å². The third kappa shape index (κ3) is 5.86. The van der Waals surface area contributed by atoms with E-state index in [4.69, 9.17) is 0 Å². The van der Waals surface area contributed by atoms with Gasteiger partial charge in [-0.15, -0.1) is 0 Å². The van der Waals surface area contributed by atoms with Crippen LogP contribution in [0.5, 0.6) is 0 Å².